The average molecular weight is 798 g/mol. The van der Waals surface area contributed by atoms with E-state index in [1.165, 1.54) is 98.9 Å². The summed E-state index contributed by atoms with van der Waals surface area (Å²) in [6.07, 6.45) is 11.7. The second kappa shape index (κ2) is 13.5. The summed E-state index contributed by atoms with van der Waals surface area (Å²) in [4.78, 5) is 0. The molecule has 0 saturated heterocycles. The Labute approximate surface area is 311 Å². The van der Waals surface area contributed by atoms with E-state index in [9.17, 15) is 0 Å². The van der Waals surface area contributed by atoms with Crippen LogP contribution in [0.15, 0.2) is 96.1 Å². The van der Waals surface area contributed by atoms with Gasteiger partial charge in [0.2, 0.25) is 0 Å². The molecule has 0 heterocycles. The van der Waals surface area contributed by atoms with Gasteiger partial charge in [0.1, 0.15) is 0 Å². The second-order valence-corrected chi connectivity index (χ2v) is 59.8. The van der Waals surface area contributed by atoms with E-state index in [-0.39, 0.29) is 12.7 Å². The maximum atomic E-state index is 8.66. The molecule has 2 unspecified atom stereocenters. The summed E-state index contributed by atoms with van der Waals surface area (Å²) in [5.74, 6) is -0.567. The van der Waals surface area contributed by atoms with Crippen LogP contribution in [-0.4, -0.2) is 5.92 Å². The van der Waals surface area contributed by atoms with E-state index in [0.717, 1.165) is 0 Å². The van der Waals surface area contributed by atoms with Gasteiger partial charge in [-0.25, -0.2) is 0 Å². The van der Waals surface area contributed by atoms with Crippen molar-refractivity contribution in [2.75, 3.05) is 0 Å². The van der Waals surface area contributed by atoms with Crippen molar-refractivity contribution in [2.24, 2.45) is 5.92 Å². The van der Waals surface area contributed by atoms with Gasteiger partial charge in [-0.3, -0.25) is 0 Å². The number of hydrogen-bond donors (Lipinski definition) is 0. The van der Waals surface area contributed by atoms with E-state index in [4.69, 9.17) is 17.0 Å². The van der Waals surface area contributed by atoms with Crippen LogP contribution in [-0.2, 0) is 21.0 Å². The number of fused-ring (bicyclic) bond motifs is 2. The molecule has 4 heteroatoms. The van der Waals surface area contributed by atoms with E-state index in [1.54, 1.807) is 0 Å². The van der Waals surface area contributed by atoms with Crippen LogP contribution in [0.4, 0.5) is 0 Å². The van der Waals surface area contributed by atoms with E-state index in [2.05, 4.69) is 152 Å². The fraction of sp³-hybridized carbons (Fsp3) is 0.391. The third-order valence-electron chi connectivity index (χ3n) is 12.6. The molecule has 0 nitrogen and oxygen atoms in total. The Bertz CT molecular complexity index is 1970. The quantitative estimate of drug-likeness (QED) is 0.163. The Morgan fingerprint density at radius 2 is 1.20 bits per heavy atom. The summed E-state index contributed by atoms with van der Waals surface area (Å²) in [7, 11) is 17.3. The Morgan fingerprint density at radius 1 is 0.680 bits per heavy atom. The predicted octanol–water partition coefficient (Wildman–Crippen LogP) is 14.6. The van der Waals surface area contributed by atoms with Crippen molar-refractivity contribution in [1.82, 2.24) is 0 Å². The van der Waals surface area contributed by atoms with Gasteiger partial charge in [-0.15, -0.1) is 0 Å². The fourth-order valence-corrected chi connectivity index (χ4v) is 41.9. The zero-order chi connectivity index (χ0) is 35.6. The standard InChI is InChI=1S/C22H23.C22H25.C2H7Si.2ClH.Zr/c1-16-14-20-8-5-9-21(22(20)15-16)19-12-10-18(11-13-19)17-6-3-2-4-7-17;1-15(2)18-13-17-7-6-8-20(21(17)14-18)16-9-11-19(12-10-16)22(3,4)5;1-3-2;;;/h5,8-15,17H,2-4,6-7H2,1H3;6-15H,1-5H3;3H,1-2H3;2*1H;/q;;;;;+2/p-2. The van der Waals surface area contributed by atoms with Crippen LogP contribution in [0.1, 0.15) is 120 Å². The minimum absolute atomic E-state index is 0.0907. The van der Waals surface area contributed by atoms with Crippen molar-refractivity contribution in [2.45, 2.75) is 105 Å². The first-order valence-electron chi connectivity index (χ1n) is 19.1. The van der Waals surface area contributed by atoms with Gasteiger partial charge in [-0.05, 0) is 0 Å². The van der Waals surface area contributed by atoms with Gasteiger partial charge in [-0.1, -0.05) is 0 Å². The van der Waals surface area contributed by atoms with Gasteiger partial charge in [-0.2, -0.15) is 0 Å². The number of halogens is 2. The molecule has 0 N–H and O–H groups in total. The van der Waals surface area contributed by atoms with Gasteiger partial charge in [0.25, 0.3) is 0 Å². The zero-order valence-electron chi connectivity index (χ0n) is 31.4. The molecule has 0 amide bonds. The minimum atomic E-state index is -4.82. The van der Waals surface area contributed by atoms with E-state index in [1.807, 2.05) is 0 Å². The number of hydrogen-bond acceptors (Lipinski definition) is 0. The molecule has 3 aliphatic rings. The van der Waals surface area contributed by atoms with Crippen LogP contribution < -0.4 is 0 Å². The van der Waals surface area contributed by atoms with Crippen LogP contribution in [0.3, 0.4) is 0 Å². The van der Waals surface area contributed by atoms with Crippen molar-refractivity contribution in [1.29, 1.82) is 0 Å². The predicted molar refractivity (Wildman–Crippen MR) is 221 cm³/mol. The molecular formula is C46H55Cl2SiZr. The second-order valence-electron chi connectivity index (χ2n) is 17.3. The molecule has 0 aromatic heterocycles. The van der Waals surface area contributed by atoms with E-state index < -0.39 is 21.5 Å². The first-order valence-corrected chi connectivity index (χ1v) is 35.5. The topological polar surface area (TPSA) is 0 Å². The van der Waals surface area contributed by atoms with Crippen molar-refractivity contribution in [3.05, 3.63) is 129 Å². The Hall–Kier alpha value is -1.96. The molecule has 1 saturated carbocycles. The van der Waals surface area contributed by atoms with E-state index >= 15 is 0 Å². The molecule has 4 aromatic rings. The first-order chi connectivity index (χ1) is 23.7. The molecule has 0 spiro atoms. The summed E-state index contributed by atoms with van der Waals surface area (Å²) in [5.41, 5.74) is 16.3. The SMILES string of the molecule is CC1=Cc2c(-c3ccc(C4CCCCC4)cc3)cccc2[CH]1[Zr]([Cl])([Cl])([CH]1C(C(C)C)=Cc2c(-c3ccc(C(C)(C)C)cc3)cccc21)[SiH](C)C. The summed E-state index contributed by atoms with van der Waals surface area (Å²) in [6.45, 7) is 18.7. The molecule has 50 heavy (non-hydrogen) atoms. The number of benzene rings is 4. The first kappa shape index (κ1) is 36.4. The number of rotatable bonds is 7. The third-order valence-corrected chi connectivity index (χ3v) is 64.6. The molecule has 261 valence electrons. The normalized spacial score (nSPS) is 20.4. The molecule has 0 radical (unpaired) electrons. The Morgan fingerprint density at radius 3 is 1.72 bits per heavy atom. The summed E-state index contributed by atoms with van der Waals surface area (Å²) in [6, 6.07) is 32.5. The molecule has 2 atom stereocenters. The van der Waals surface area contributed by atoms with Crippen LogP contribution >= 0.6 is 17.0 Å². The van der Waals surface area contributed by atoms with Gasteiger partial charge < -0.3 is 0 Å². The van der Waals surface area contributed by atoms with Crippen LogP contribution in [0.2, 0.25) is 13.1 Å². The molecule has 3 aliphatic carbocycles. The average Bonchev–Trinajstić information content (AvgIpc) is 3.68. The van der Waals surface area contributed by atoms with Gasteiger partial charge in [0.05, 0.1) is 0 Å². The van der Waals surface area contributed by atoms with Crippen molar-refractivity contribution in [3.8, 4) is 22.3 Å². The molecule has 0 bridgehead atoms. The van der Waals surface area contributed by atoms with Crippen LogP contribution in [0.25, 0.3) is 34.4 Å². The van der Waals surface area contributed by atoms with Crippen LogP contribution in [0, 0.1) is 5.92 Å². The molecular weight excluding hydrogens is 743 g/mol. The van der Waals surface area contributed by atoms with Crippen molar-refractivity contribution < 1.29 is 15.6 Å². The van der Waals surface area contributed by atoms with Gasteiger partial charge >= 0.3 is 314 Å². The molecule has 0 aliphatic heterocycles. The number of allylic oxidation sites excluding steroid dienone is 2. The van der Waals surface area contributed by atoms with Crippen molar-refractivity contribution >= 4 is 35.1 Å². The van der Waals surface area contributed by atoms with Crippen molar-refractivity contribution in [3.63, 3.8) is 0 Å². The maximum absolute atomic E-state index is 8.66. The summed E-state index contributed by atoms with van der Waals surface area (Å²) in [5, 5.41) is 0. The summed E-state index contributed by atoms with van der Waals surface area (Å²) < 4.78 is 0.184. The Kier molecular flexibility index (Phi) is 9.81. The van der Waals surface area contributed by atoms with E-state index in [0.29, 0.717) is 11.8 Å². The molecule has 4 aromatic carbocycles. The zero-order valence-corrected chi connectivity index (χ0v) is 36.5. The molecule has 7 rings (SSSR count). The molecule has 1 fully saturated rings. The van der Waals surface area contributed by atoms with Crippen LogP contribution in [0.5, 0.6) is 0 Å². The summed E-state index contributed by atoms with van der Waals surface area (Å²) >= 11 is -4.82. The monoisotopic (exact) mass is 795 g/mol. The van der Waals surface area contributed by atoms with Gasteiger partial charge in [0, 0.05) is 0 Å². The third kappa shape index (κ3) is 6.07. The Balaban J connectivity index is 1.33. The fourth-order valence-electron chi connectivity index (χ4n) is 9.68. The van der Waals surface area contributed by atoms with Gasteiger partial charge in [0.15, 0.2) is 0 Å².